The molecule has 102 valence electrons. The number of amides is 1. The smallest absolute Gasteiger partial charge is 0.408 e. The quantitative estimate of drug-likeness (QED) is 0.658. The van der Waals surface area contributed by atoms with Gasteiger partial charge in [-0.05, 0) is 37.6 Å². The lowest BCUT2D eigenvalue weighted by Gasteiger charge is -2.04. The Morgan fingerprint density at radius 2 is 2.26 bits per heavy atom. The van der Waals surface area contributed by atoms with E-state index >= 15 is 0 Å². The molecular formula is C13H17N3O3. The van der Waals surface area contributed by atoms with Gasteiger partial charge in [-0.15, -0.1) is 0 Å². The van der Waals surface area contributed by atoms with Crippen molar-refractivity contribution in [3.05, 3.63) is 34.3 Å². The Morgan fingerprint density at radius 3 is 3.05 bits per heavy atom. The summed E-state index contributed by atoms with van der Waals surface area (Å²) in [6.45, 7) is 0.975. The van der Waals surface area contributed by atoms with Crippen LogP contribution in [0.3, 0.4) is 0 Å². The van der Waals surface area contributed by atoms with Crippen LogP contribution in [0.1, 0.15) is 12.0 Å². The Kier molecular flexibility index (Phi) is 4.35. The largest absolute Gasteiger partial charge is 0.417 e. The molecule has 0 bridgehead atoms. The zero-order valence-electron chi connectivity index (χ0n) is 10.8. The van der Waals surface area contributed by atoms with Gasteiger partial charge in [-0.3, -0.25) is 9.78 Å². The van der Waals surface area contributed by atoms with Crippen molar-refractivity contribution in [1.82, 2.24) is 15.6 Å². The fraction of sp³-hybridized carbons (Fsp3) is 0.385. The first-order valence-corrected chi connectivity index (χ1v) is 6.22. The summed E-state index contributed by atoms with van der Waals surface area (Å²) in [5, 5.41) is 5.61. The number of carbonyl (C=O) groups excluding carboxylic acids is 1. The van der Waals surface area contributed by atoms with Gasteiger partial charge >= 0.3 is 5.76 Å². The monoisotopic (exact) mass is 263 g/mol. The number of carbonyl (C=O) groups is 1. The molecule has 0 saturated carbocycles. The molecule has 0 fully saturated rings. The first-order chi connectivity index (χ1) is 9.19. The summed E-state index contributed by atoms with van der Waals surface area (Å²) < 4.78 is 4.93. The van der Waals surface area contributed by atoms with E-state index in [1.807, 2.05) is 12.1 Å². The molecule has 0 aliphatic rings. The molecule has 0 aliphatic heterocycles. The normalized spacial score (nSPS) is 10.8. The predicted octanol–water partition coefficient (Wildman–Crippen LogP) is 0.389. The lowest BCUT2D eigenvalue weighted by atomic mass is 10.1. The van der Waals surface area contributed by atoms with E-state index in [4.69, 9.17) is 4.42 Å². The third kappa shape index (κ3) is 3.69. The van der Waals surface area contributed by atoms with Crippen LogP contribution in [0.2, 0.25) is 0 Å². The highest BCUT2D eigenvalue weighted by Gasteiger charge is 2.02. The second kappa shape index (κ2) is 6.19. The summed E-state index contributed by atoms with van der Waals surface area (Å²) in [4.78, 5) is 24.9. The molecule has 1 amide bonds. The summed E-state index contributed by atoms with van der Waals surface area (Å²) >= 11 is 0. The van der Waals surface area contributed by atoms with E-state index < -0.39 is 5.76 Å². The number of nitrogens with one attached hydrogen (secondary N) is 3. The van der Waals surface area contributed by atoms with E-state index in [0.29, 0.717) is 24.2 Å². The van der Waals surface area contributed by atoms with Gasteiger partial charge in [-0.1, -0.05) is 6.07 Å². The molecule has 1 aromatic carbocycles. The zero-order chi connectivity index (χ0) is 13.7. The van der Waals surface area contributed by atoms with Crippen LogP contribution in [0, 0.1) is 0 Å². The number of benzene rings is 1. The van der Waals surface area contributed by atoms with Crippen LogP contribution < -0.4 is 16.4 Å². The number of hydrogen-bond donors (Lipinski definition) is 3. The highest BCUT2D eigenvalue weighted by molar-refractivity contribution is 5.77. The van der Waals surface area contributed by atoms with Crippen LogP contribution in [0.15, 0.2) is 27.4 Å². The molecule has 0 saturated heterocycles. The van der Waals surface area contributed by atoms with E-state index in [1.165, 1.54) is 0 Å². The number of aromatic amines is 1. The van der Waals surface area contributed by atoms with Crippen molar-refractivity contribution in [2.24, 2.45) is 0 Å². The average Bonchev–Trinajstić information content (AvgIpc) is 2.74. The van der Waals surface area contributed by atoms with E-state index in [2.05, 4.69) is 15.6 Å². The number of aromatic nitrogens is 1. The Labute approximate surface area is 110 Å². The predicted molar refractivity (Wildman–Crippen MR) is 72.1 cm³/mol. The van der Waals surface area contributed by atoms with E-state index in [-0.39, 0.29) is 5.91 Å². The van der Waals surface area contributed by atoms with Crippen molar-refractivity contribution in [2.75, 3.05) is 20.1 Å². The maximum atomic E-state index is 11.2. The summed E-state index contributed by atoms with van der Waals surface area (Å²) in [7, 11) is 1.74. The van der Waals surface area contributed by atoms with E-state index in [0.717, 1.165) is 18.4 Å². The maximum Gasteiger partial charge on any atom is 0.417 e. The van der Waals surface area contributed by atoms with Gasteiger partial charge in [-0.25, -0.2) is 4.79 Å². The van der Waals surface area contributed by atoms with Crippen molar-refractivity contribution >= 4 is 17.0 Å². The summed E-state index contributed by atoms with van der Waals surface area (Å²) in [5.74, 6) is -0.441. The first kappa shape index (κ1) is 13.4. The minimum atomic E-state index is -0.438. The van der Waals surface area contributed by atoms with Crippen LogP contribution in [0.25, 0.3) is 11.1 Å². The zero-order valence-corrected chi connectivity index (χ0v) is 10.8. The molecule has 19 heavy (non-hydrogen) atoms. The first-order valence-electron chi connectivity index (χ1n) is 6.22. The van der Waals surface area contributed by atoms with Crippen molar-refractivity contribution in [1.29, 1.82) is 0 Å². The fourth-order valence-corrected chi connectivity index (χ4v) is 1.90. The average molecular weight is 263 g/mol. The molecular weight excluding hydrogens is 246 g/mol. The highest BCUT2D eigenvalue weighted by Crippen LogP contribution is 2.13. The van der Waals surface area contributed by atoms with Gasteiger partial charge in [0.15, 0.2) is 5.58 Å². The number of aryl methyl sites for hydroxylation is 1. The lowest BCUT2D eigenvalue weighted by molar-refractivity contribution is -0.120. The van der Waals surface area contributed by atoms with Crippen LogP contribution in [0.4, 0.5) is 0 Å². The SMILES string of the molecule is CNCC(=O)NCCCc1ccc2oc(=O)[nH]c2c1. The van der Waals surface area contributed by atoms with Crippen LogP contribution in [-0.2, 0) is 11.2 Å². The summed E-state index contributed by atoms with van der Waals surface area (Å²) in [6.07, 6.45) is 1.69. The molecule has 2 aromatic rings. The molecule has 6 heteroatoms. The minimum Gasteiger partial charge on any atom is -0.408 e. The van der Waals surface area contributed by atoms with Crippen LogP contribution in [0.5, 0.6) is 0 Å². The summed E-state index contributed by atoms with van der Waals surface area (Å²) in [5.41, 5.74) is 2.38. The molecule has 3 N–H and O–H groups in total. The van der Waals surface area contributed by atoms with Gasteiger partial charge in [0.25, 0.3) is 0 Å². The van der Waals surface area contributed by atoms with Crippen molar-refractivity contribution in [3.8, 4) is 0 Å². The standard InChI is InChI=1S/C13H17N3O3/c1-14-8-12(17)15-6-2-3-9-4-5-11-10(7-9)16-13(18)19-11/h4-5,7,14H,2-3,6,8H2,1H3,(H,15,17)(H,16,18). The lowest BCUT2D eigenvalue weighted by Crippen LogP contribution is -2.32. The minimum absolute atomic E-state index is 0.00267. The highest BCUT2D eigenvalue weighted by atomic mass is 16.4. The Bertz CT molecular complexity index is 615. The third-order valence-electron chi connectivity index (χ3n) is 2.79. The number of H-pyrrole nitrogens is 1. The summed E-state index contributed by atoms with van der Waals surface area (Å²) in [6, 6.07) is 5.60. The second-order valence-corrected chi connectivity index (χ2v) is 4.33. The number of rotatable bonds is 6. The maximum absolute atomic E-state index is 11.2. The Hall–Kier alpha value is -2.08. The van der Waals surface area contributed by atoms with Gasteiger partial charge in [0.1, 0.15) is 0 Å². The Morgan fingerprint density at radius 1 is 1.42 bits per heavy atom. The van der Waals surface area contributed by atoms with Crippen molar-refractivity contribution in [3.63, 3.8) is 0 Å². The van der Waals surface area contributed by atoms with Gasteiger partial charge in [0.05, 0.1) is 12.1 Å². The molecule has 0 radical (unpaired) electrons. The van der Waals surface area contributed by atoms with Gasteiger partial charge < -0.3 is 15.1 Å². The second-order valence-electron chi connectivity index (χ2n) is 4.33. The topological polar surface area (TPSA) is 87.1 Å². The number of fused-ring (bicyclic) bond motifs is 1. The third-order valence-corrected chi connectivity index (χ3v) is 2.79. The molecule has 1 heterocycles. The van der Waals surface area contributed by atoms with Gasteiger partial charge in [0, 0.05) is 6.54 Å². The van der Waals surface area contributed by atoms with Crippen molar-refractivity contribution in [2.45, 2.75) is 12.8 Å². The number of oxazole rings is 1. The van der Waals surface area contributed by atoms with Gasteiger partial charge in [-0.2, -0.15) is 0 Å². The molecule has 6 nitrogen and oxygen atoms in total. The molecule has 1 aromatic heterocycles. The van der Waals surface area contributed by atoms with Crippen molar-refractivity contribution < 1.29 is 9.21 Å². The van der Waals surface area contributed by atoms with Crippen LogP contribution in [-0.4, -0.2) is 31.0 Å². The Balaban J connectivity index is 1.84. The molecule has 0 spiro atoms. The fourth-order valence-electron chi connectivity index (χ4n) is 1.90. The molecule has 2 rings (SSSR count). The molecule has 0 aliphatic carbocycles. The molecule has 0 atom stereocenters. The molecule has 0 unspecified atom stereocenters. The van der Waals surface area contributed by atoms with E-state index in [9.17, 15) is 9.59 Å². The van der Waals surface area contributed by atoms with Crippen LogP contribution >= 0.6 is 0 Å². The number of hydrogen-bond acceptors (Lipinski definition) is 4. The number of likely N-dealkylation sites (N-methyl/N-ethyl adjacent to an activating group) is 1. The van der Waals surface area contributed by atoms with Gasteiger partial charge in [0.2, 0.25) is 5.91 Å². The van der Waals surface area contributed by atoms with E-state index in [1.54, 1.807) is 13.1 Å².